The van der Waals surface area contributed by atoms with Gasteiger partial charge in [0.05, 0.1) is 4.90 Å². The number of hydrogen-bond donors (Lipinski definition) is 0. The van der Waals surface area contributed by atoms with Crippen molar-refractivity contribution in [3.05, 3.63) is 83.7 Å². The van der Waals surface area contributed by atoms with Gasteiger partial charge in [0, 0.05) is 43.6 Å². The van der Waals surface area contributed by atoms with Crippen molar-refractivity contribution < 1.29 is 8.42 Å². The summed E-state index contributed by atoms with van der Waals surface area (Å²) in [7, 11) is -3.57. The minimum atomic E-state index is -3.57. The maximum Gasteiger partial charge on any atom is 0.243 e. The molecule has 0 amide bonds. The van der Waals surface area contributed by atoms with Crippen LogP contribution in [0, 0.1) is 6.92 Å². The number of hydrogen-bond acceptors (Lipinski definition) is 6. The van der Waals surface area contributed by atoms with Gasteiger partial charge in [-0.15, -0.1) is 0 Å². The molecule has 1 saturated heterocycles. The fraction of sp³-hybridized carbons (Fsp3) is 0.280. The van der Waals surface area contributed by atoms with Crippen LogP contribution in [0.1, 0.15) is 23.9 Å². The van der Waals surface area contributed by atoms with Crippen molar-refractivity contribution in [1.29, 1.82) is 0 Å². The standard InChI is InChI=1S/C25H26N4O2S2/c1-18-7-9-20(10-8-18)15-24-26-25(32-27-24)28-13-14-29(19(2)17-28)33(30,31)23-12-11-21-5-3-4-6-22(21)16-23/h3-12,16,19H,13-15,17H2,1-2H3. The van der Waals surface area contributed by atoms with Gasteiger partial charge in [-0.25, -0.2) is 13.4 Å². The Morgan fingerprint density at radius 2 is 1.76 bits per heavy atom. The largest absolute Gasteiger partial charge is 0.344 e. The summed E-state index contributed by atoms with van der Waals surface area (Å²) in [5, 5.41) is 2.82. The van der Waals surface area contributed by atoms with Crippen molar-refractivity contribution in [2.75, 3.05) is 24.5 Å². The van der Waals surface area contributed by atoms with Crippen LogP contribution in [0.3, 0.4) is 0 Å². The summed E-state index contributed by atoms with van der Waals surface area (Å²) in [6.07, 6.45) is 0.697. The number of benzene rings is 3. The highest BCUT2D eigenvalue weighted by Crippen LogP contribution is 2.27. The first-order valence-electron chi connectivity index (χ1n) is 11.0. The van der Waals surface area contributed by atoms with Gasteiger partial charge in [-0.1, -0.05) is 60.2 Å². The molecule has 1 aromatic heterocycles. The Kier molecular flexibility index (Phi) is 5.90. The molecule has 0 N–H and O–H groups in total. The summed E-state index contributed by atoms with van der Waals surface area (Å²) in [6.45, 7) is 5.63. The van der Waals surface area contributed by atoms with E-state index >= 15 is 0 Å². The van der Waals surface area contributed by atoms with E-state index in [9.17, 15) is 8.42 Å². The van der Waals surface area contributed by atoms with Crippen LogP contribution < -0.4 is 4.90 Å². The lowest BCUT2D eigenvalue weighted by molar-refractivity contribution is 0.306. The Morgan fingerprint density at radius 1 is 1.00 bits per heavy atom. The number of piperazine rings is 1. The number of aryl methyl sites for hydroxylation is 1. The van der Waals surface area contributed by atoms with E-state index in [4.69, 9.17) is 4.98 Å². The average molecular weight is 479 g/mol. The van der Waals surface area contributed by atoms with E-state index in [2.05, 4.69) is 40.5 Å². The molecule has 0 bridgehead atoms. The first kappa shape index (κ1) is 22.0. The Labute approximate surface area is 198 Å². The van der Waals surface area contributed by atoms with Crippen LogP contribution in [-0.4, -0.2) is 47.8 Å². The molecule has 3 aromatic carbocycles. The second-order valence-electron chi connectivity index (χ2n) is 8.58. The lowest BCUT2D eigenvalue weighted by atomic mass is 10.1. The average Bonchev–Trinajstić information content (AvgIpc) is 3.28. The van der Waals surface area contributed by atoms with E-state index in [0.29, 0.717) is 31.0 Å². The monoisotopic (exact) mass is 478 g/mol. The fourth-order valence-electron chi connectivity index (χ4n) is 4.27. The highest BCUT2D eigenvalue weighted by Gasteiger charge is 2.34. The normalized spacial score (nSPS) is 17.5. The molecule has 4 aromatic rings. The predicted molar refractivity (Wildman–Crippen MR) is 133 cm³/mol. The molecule has 1 fully saturated rings. The number of fused-ring (bicyclic) bond motifs is 1. The molecule has 6 nitrogen and oxygen atoms in total. The zero-order chi connectivity index (χ0) is 23.0. The van der Waals surface area contributed by atoms with E-state index in [1.54, 1.807) is 16.4 Å². The second-order valence-corrected chi connectivity index (χ2v) is 11.2. The van der Waals surface area contributed by atoms with Gasteiger partial charge >= 0.3 is 0 Å². The molecular formula is C25H26N4O2S2. The Balaban J connectivity index is 1.29. The van der Waals surface area contributed by atoms with E-state index in [0.717, 1.165) is 21.7 Å². The zero-order valence-corrected chi connectivity index (χ0v) is 20.3. The minimum Gasteiger partial charge on any atom is -0.344 e. The maximum atomic E-state index is 13.4. The molecule has 0 radical (unpaired) electrons. The van der Waals surface area contributed by atoms with Crippen LogP contribution in [0.15, 0.2) is 71.6 Å². The van der Waals surface area contributed by atoms with Crippen LogP contribution in [0.2, 0.25) is 0 Å². The third-order valence-corrected chi connectivity index (χ3v) is 8.93. The molecule has 2 heterocycles. The Bertz CT molecular complexity index is 1380. The third-order valence-electron chi connectivity index (χ3n) is 6.10. The summed E-state index contributed by atoms with van der Waals surface area (Å²) < 4.78 is 32.9. The summed E-state index contributed by atoms with van der Waals surface area (Å²) in [5.41, 5.74) is 2.42. The van der Waals surface area contributed by atoms with Crippen LogP contribution >= 0.6 is 11.5 Å². The highest BCUT2D eigenvalue weighted by molar-refractivity contribution is 7.89. The van der Waals surface area contributed by atoms with E-state index in [1.165, 1.54) is 22.7 Å². The van der Waals surface area contributed by atoms with Gasteiger partial charge in [-0.3, -0.25) is 0 Å². The van der Waals surface area contributed by atoms with Gasteiger partial charge in [0.15, 0.2) is 0 Å². The molecule has 0 aliphatic carbocycles. The summed E-state index contributed by atoms with van der Waals surface area (Å²) in [6, 6.07) is 21.4. The molecule has 33 heavy (non-hydrogen) atoms. The van der Waals surface area contributed by atoms with Crippen molar-refractivity contribution in [3.8, 4) is 0 Å². The molecule has 1 aliphatic heterocycles. The van der Waals surface area contributed by atoms with Gasteiger partial charge in [-0.05, 0) is 42.3 Å². The summed E-state index contributed by atoms with van der Waals surface area (Å²) >= 11 is 1.38. The molecule has 5 rings (SSSR count). The van der Waals surface area contributed by atoms with Crippen molar-refractivity contribution >= 4 is 37.5 Å². The first-order chi connectivity index (χ1) is 15.9. The first-order valence-corrected chi connectivity index (χ1v) is 13.3. The number of anilines is 1. The van der Waals surface area contributed by atoms with E-state index in [1.807, 2.05) is 37.3 Å². The third kappa shape index (κ3) is 4.51. The van der Waals surface area contributed by atoms with Gasteiger partial charge in [-0.2, -0.15) is 8.68 Å². The lowest BCUT2D eigenvalue weighted by Gasteiger charge is -2.38. The maximum absolute atomic E-state index is 13.4. The smallest absolute Gasteiger partial charge is 0.243 e. The molecule has 8 heteroatoms. The van der Waals surface area contributed by atoms with Crippen molar-refractivity contribution in [2.45, 2.75) is 31.2 Å². The zero-order valence-electron chi connectivity index (χ0n) is 18.7. The van der Waals surface area contributed by atoms with Gasteiger partial charge in [0.1, 0.15) is 5.82 Å². The van der Waals surface area contributed by atoms with Crippen LogP contribution in [-0.2, 0) is 16.4 Å². The van der Waals surface area contributed by atoms with E-state index in [-0.39, 0.29) is 6.04 Å². The molecule has 170 valence electrons. The van der Waals surface area contributed by atoms with Gasteiger partial charge < -0.3 is 4.90 Å². The number of sulfonamides is 1. The van der Waals surface area contributed by atoms with E-state index < -0.39 is 10.0 Å². The Morgan fingerprint density at radius 3 is 2.52 bits per heavy atom. The van der Waals surface area contributed by atoms with Crippen molar-refractivity contribution in [2.24, 2.45) is 0 Å². The molecule has 1 atom stereocenters. The van der Waals surface area contributed by atoms with Crippen LogP contribution in [0.5, 0.6) is 0 Å². The molecular weight excluding hydrogens is 452 g/mol. The van der Waals surface area contributed by atoms with Crippen LogP contribution in [0.25, 0.3) is 10.8 Å². The number of nitrogens with zero attached hydrogens (tertiary/aromatic N) is 4. The summed E-state index contributed by atoms with van der Waals surface area (Å²) in [5.74, 6) is 0.803. The quantitative estimate of drug-likeness (QED) is 0.423. The SMILES string of the molecule is Cc1ccc(Cc2nsc(N3CCN(S(=O)(=O)c4ccc5ccccc5c4)C(C)C3)n2)cc1. The topological polar surface area (TPSA) is 66.4 Å². The molecule has 1 aliphatic rings. The number of aromatic nitrogens is 2. The van der Waals surface area contributed by atoms with Crippen LogP contribution in [0.4, 0.5) is 5.13 Å². The van der Waals surface area contributed by atoms with Gasteiger partial charge in [0.2, 0.25) is 15.2 Å². The molecule has 0 saturated carbocycles. The van der Waals surface area contributed by atoms with Gasteiger partial charge in [0.25, 0.3) is 0 Å². The highest BCUT2D eigenvalue weighted by atomic mass is 32.2. The Hall–Kier alpha value is -2.81. The second kappa shape index (κ2) is 8.85. The minimum absolute atomic E-state index is 0.167. The number of rotatable bonds is 5. The molecule has 1 unspecified atom stereocenters. The molecule has 0 spiro atoms. The predicted octanol–water partition coefficient (Wildman–Crippen LogP) is 4.49. The van der Waals surface area contributed by atoms with Crippen molar-refractivity contribution in [3.63, 3.8) is 0 Å². The lowest BCUT2D eigenvalue weighted by Crippen LogP contribution is -2.54. The summed E-state index contributed by atoms with van der Waals surface area (Å²) in [4.78, 5) is 7.22. The van der Waals surface area contributed by atoms with Crippen molar-refractivity contribution in [1.82, 2.24) is 13.7 Å². The fourth-order valence-corrected chi connectivity index (χ4v) is 6.64.